The van der Waals surface area contributed by atoms with Gasteiger partial charge in [0, 0.05) is 20.0 Å². The molecule has 0 aliphatic heterocycles. The van der Waals surface area contributed by atoms with E-state index < -0.39 is 0 Å². The van der Waals surface area contributed by atoms with E-state index in [1.807, 2.05) is 14.0 Å². The fourth-order valence-corrected chi connectivity index (χ4v) is 1.63. The Labute approximate surface area is 79.7 Å². The van der Waals surface area contributed by atoms with Crippen molar-refractivity contribution in [1.82, 2.24) is 4.90 Å². The smallest absolute Gasteiger partial charge is 0.222 e. The average molecular weight is 187 g/mol. The predicted octanol–water partition coefficient (Wildman–Crippen LogP) is 1.56. The van der Waals surface area contributed by atoms with E-state index in [1.54, 1.807) is 4.90 Å². The minimum absolute atomic E-state index is 0.267. The normalized spacial score (nSPS) is 18.9. The summed E-state index contributed by atoms with van der Waals surface area (Å²) in [7, 11) is 1.86. The highest BCUT2D eigenvalue weighted by molar-refractivity contribution is 7.80. The highest BCUT2D eigenvalue weighted by Crippen LogP contribution is 2.49. The summed E-state index contributed by atoms with van der Waals surface area (Å²) in [5.41, 5.74) is 0.267. The lowest BCUT2D eigenvalue weighted by Gasteiger charge is -2.18. The number of hydrogen-bond acceptors (Lipinski definition) is 2. The van der Waals surface area contributed by atoms with Gasteiger partial charge in [0.25, 0.3) is 0 Å². The van der Waals surface area contributed by atoms with Crippen LogP contribution in [-0.4, -0.2) is 30.2 Å². The van der Waals surface area contributed by atoms with Crippen molar-refractivity contribution in [2.24, 2.45) is 5.41 Å². The van der Waals surface area contributed by atoms with Crippen molar-refractivity contribution in [3.05, 3.63) is 0 Å². The molecule has 1 amide bonds. The standard InChI is InChI=1S/C9H17NOS/c1-3-10(2)8(11)6-9(7-12)4-5-9/h12H,3-7H2,1-2H3. The minimum atomic E-state index is 0.267. The van der Waals surface area contributed by atoms with Crippen molar-refractivity contribution >= 4 is 18.5 Å². The SMILES string of the molecule is CCN(C)C(=O)CC1(CS)CC1. The maximum Gasteiger partial charge on any atom is 0.222 e. The van der Waals surface area contributed by atoms with Gasteiger partial charge in [-0.1, -0.05) is 0 Å². The molecular weight excluding hydrogens is 170 g/mol. The predicted molar refractivity (Wildman–Crippen MR) is 53.4 cm³/mol. The Hall–Kier alpha value is -0.180. The number of hydrogen-bond donors (Lipinski definition) is 1. The first kappa shape index (κ1) is 9.90. The summed E-state index contributed by atoms with van der Waals surface area (Å²) >= 11 is 4.27. The zero-order valence-corrected chi connectivity index (χ0v) is 8.73. The zero-order chi connectivity index (χ0) is 9.19. The Kier molecular flexibility index (Phi) is 3.04. The van der Waals surface area contributed by atoms with Crippen LogP contribution in [0.2, 0.25) is 0 Å². The van der Waals surface area contributed by atoms with Crippen LogP contribution in [0.5, 0.6) is 0 Å². The van der Waals surface area contributed by atoms with Gasteiger partial charge in [0.15, 0.2) is 0 Å². The molecule has 1 aliphatic rings. The minimum Gasteiger partial charge on any atom is -0.346 e. The summed E-state index contributed by atoms with van der Waals surface area (Å²) in [5, 5.41) is 0. The van der Waals surface area contributed by atoms with Crippen molar-refractivity contribution in [3.8, 4) is 0 Å². The Morgan fingerprint density at radius 2 is 2.17 bits per heavy atom. The molecule has 2 nitrogen and oxygen atoms in total. The van der Waals surface area contributed by atoms with Crippen LogP contribution in [0.3, 0.4) is 0 Å². The molecule has 70 valence electrons. The maximum atomic E-state index is 11.5. The summed E-state index contributed by atoms with van der Waals surface area (Å²) in [6, 6.07) is 0. The number of carbonyl (C=O) groups excluding carboxylic acids is 1. The number of amides is 1. The highest BCUT2D eigenvalue weighted by atomic mass is 32.1. The van der Waals surface area contributed by atoms with Crippen LogP contribution >= 0.6 is 12.6 Å². The second kappa shape index (κ2) is 3.69. The molecule has 1 aliphatic carbocycles. The quantitative estimate of drug-likeness (QED) is 0.662. The van der Waals surface area contributed by atoms with Crippen LogP contribution < -0.4 is 0 Å². The molecule has 0 radical (unpaired) electrons. The molecule has 0 spiro atoms. The molecule has 3 heteroatoms. The number of thiol groups is 1. The highest BCUT2D eigenvalue weighted by Gasteiger charge is 2.43. The fraction of sp³-hybridized carbons (Fsp3) is 0.889. The molecule has 0 heterocycles. The molecule has 1 rings (SSSR count). The Morgan fingerprint density at radius 3 is 2.50 bits per heavy atom. The molecule has 1 saturated carbocycles. The Morgan fingerprint density at radius 1 is 1.58 bits per heavy atom. The van der Waals surface area contributed by atoms with E-state index >= 15 is 0 Å². The lowest BCUT2D eigenvalue weighted by molar-refractivity contribution is -0.130. The van der Waals surface area contributed by atoms with Crippen molar-refractivity contribution in [1.29, 1.82) is 0 Å². The van der Waals surface area contributed by atoms with Crippen LogP contribution in [0.4, 0.5) is 0 Å². The van der Waals surface area contributed by atoms with Crippen LogP contribution in [0.1, 0.15) is 26.2 Å². The van der Waals surface area contributed by atoms with Crippen molar-refractivity contribution in [2.45, 2.75) is 26.2 Å². The van der Waals surface area contributed by atoms with Crippen LogP contribution in [0.15, 0.2) is 0 Å². The lowest BCUT2D eigenvalue weighted by Crippen LogP contribution is -2.28. The average Bonchev–Trinajstić information content (AvgIpc) is 2.84. The van der Waals surface area contributed by atoms with Gasteiger partial charge >= 0.3 is 0 Å². The van der Waals surface area contributed by atoms with E-state index in [0.29, 0.717) is 6.42 Å². The first-order valence-corrected chi connectivity index (χ1v) is 5.11. The molecule has 0 N–H and O–H groups in total. The molecule has 1 fully saturated rings. The van der Waals surface area contributed by atoms with E-state index in [2.05, 4.69) is 12.6 Å². The third kappa shape index (κ3) is 2.16. The summed E-state index contributed by atoms with van der Waals surface area (Å²) in [6.45, 7) is 2.81. The Balaban J connectivity index is 2.36. The van der Waals surface area contributed by atoms with E-state index in [9.17, 15) is 4.79 Å². The van der Waals surface area contributed by atoms with Gasteiger partial charge in [0.05, 0.1) is 0 Å². The molecule has 0 saturated heterocycles. The molecular formula is C9H17NOS. The molecule has 0 atom stereocenters. The van der Waals surface area contributed by atoms with Crippen molar-refractivity contribution in [3.63, 3.8) is 0 Å². The van der Waals surface area contributed by atoms with Gasteiger partial charge in [-0.2, -0.15) is 12.6 Å². The molecule has 0 aromatic rings. The van der Waals surface area contributed by atoms with Crippen molar-refractivity contribution in [2.75, 3.05) is 19.3 Å². The van der Waals surface area contributed by atoms with E-state index in [4.69, 9.17) is 0 Å². The molecule has 0 aromatic heterocycles. The van der Waals surface area contributed by atoms with E-state index in [0.717, 1.165) is 12.3 Å². The summed E-state index contributed by atoms with van der Waals surface area (Å²) < 4.78 is 0. The third-order valence-electron chi connectivity index (χ3n) is 2.72. The van der Waals surface area contributed by atoms with E-state index in [-0.39, 0.29) is 11.3 Å². The third-order valence-corrected chi connectivity index (χ3v) is 3.39. The lowest BCUT2D eigenvalue weighted by atomic mass is 10.0. The van der Waals surface area contributed by atoms with E-state index in [1.165, 1.54) is 12.8 Å². The fourth-order valence-electron chi connectivity index (χ4n) is 1.20. The number of rotatable bonds is 4. The van der Waals surface area contributed by atoms with Gasteiger partial charge in [0.2, 0.25) is 5.91 Å². The van der Waals surface area contributed by atoms with Gasteiger partial charge in [-0.15, -0.1) is 0 Å². The van der Waals surface area contributed by atoms with Crippen molar-refractivity contribution < 1.29 is 4.79 Å². The first-order chi connectivity index (χ1) is 5.63. The van der Waals surface area contributed by atoms with Gasteiger partial charge < -0.3 is 4.90 Å². The van der Waals surface area contributed by atoms with Gasteiger partial charge in [0.1, 0.15) is 0 Å². The molecule has 0 unspecified atom stereocenters. The zero-order valence-electron chi connectivity index (χ0n) is 7.84. The topological polar surface area (TPSA) is 20.3 Å². The first-order valence-electron chi connectivity index (χ1n) is 4.48. The number of nitrogens with zero attached hydrogens (tertiary/aromatic N) is 1. The van der Waals surface area contributed by atoms with Crippen LogP contribution in [0, 0.1) is 5.41 Å². The number of carbonyl (C=O) groups is 1. The maximum absolute atomic E-state index is 11.5. The van der Waals surface area contributed by atoms with Crippen LogP contribution in [0.25, 0.3) is 0 Å². The molecule has 12 heavy (non-hydrogen) atoms. The molecule has 0 aromatic carbocycles. The van der Waals surface area contributed by atoms with Gasteiger partial charge in [-0.05, 0) is 30.9 Å². The summed E-state index contributed by atoms with van der Waals surface area (Å²) in [6.07, 6.45) is 3.06. The van der Waals surface area contributed by atoms with Crippen LogP contribution in [-0.2, 0) is 4.79 Å². The monoisotopic (exact) mass is 187 g/mol. The second-order valence-corrected chi connectivity index (χ2v) is 4.06. The van der Waals surface area contributed by atoms with Gasteiger partial charge in [-0.25, -0.2) is 0 Å². The molecule has 0 bridgehead atoms. The Bertz CT molecular complexity index is 177. The van der Waals surface area contributed by atoms with Gasteiger partial charge in [-0.3, -0.25) is 4.79 Å². The summed E-state index contributed by atoms with van der Waals surface area (Å²) in [5.74, 6) is 1.13. The largest absolute Gasteiger partial charge is 0.346 e. The summed E-state index contributed by atoms with van der Waals surface area (Å²) in [4.78, 5) is 13.3. The second-order valence-electron chi connectivity index (χ2n) is 3.74.